The minimum Gasteiger partial charge on any atom is -0.493 e. The number of guanidine groups is 1. The van der Waals surface area contributed by atoms with Crippen molar-refractivity contribution in [3.8, 4) is 11.5 Å². The van der Waals surface area contributed by atoms with Gasteiger partial charge in [-0.15, -0.1) is 24.0 Å². The molecule has 9 heteroatoms. The Morgan fingerprint density at radius 3 is 2.60 bits per heavy atom. The van der Waals surface area contributed by atoms with Crippen LogP contribution >= 0.6 is 24.0 Å². The molecule has 2 N–H and O–H groups in total. The molecule has 0 radical (unpaired) electrons. The summed E-state index contributed by atoms with van der Waals surface area (Å²) in [6, 6.07) is 5.86. The lowest BCUT2D eigenvalue weighted by molar-refractivity contribution is 0.310. The molecule has 0 spiro atoms. The SMILES string of the molecule is CCOc1ccc(CNC(=NC)NCc2ncnn2C)cc1OC.I. The number of aliphatic imine (C=N–C) groups is 1. The van der Waals surface area contributed by atoms with E-state index in [0.29, 0.717) is 25.7 Å². The second kappa shape index (κ2) is 10.7. The molecule has 0 fully saturated rings. The van der Waals surface area contributed by atoms with E-state index in [0.717, 1.165) is 22.9 Å². The van der Waals surface area contributed by atoms with Gasteiger partial charge in [-0.2, -0.15) is 5.10 Å². The lowest BCUT2D eigenvalue weighted by Crippen LogP contribution is -2.36. The quantitative estimate of drug-likeness (QED) is 0.372. The Morgan fingerprint density at radius 2 is 2.00 bits per heavy atom. The zero-order valence-electron chi connectivity index (χ0n) is 14.9. The summed E-state index contributed by atoms with van der Waals surface area (Å²) in [7, 11) is 5.22. The number of hydrogen-bond donors (Lipinski definition) is 2. The zero-order valence-corrected chi connectivity index (χ0v) is 17.3. The molecule has 0 aliphatic rings. The standard InChI is InChI=1S/C16H24N6O2.HI/c1-5-24-13-7-6-12(8-14(13)23-4)9-18-16(17-2)19-10-15-20-11-21-22(15)3;/h6-8,11H,5,9-10H2,1-4H3,(H2,17,18,19);1H. The predicted molar refractivity (Wildman–Crippen MR) is 108 cm³/mol. The van der Waals surface area contributed by atoms with Crippen LogP contribution in [0.1, 0.15) is 18.3 Å². The van der Waals surface area contributed by atoms with Gasteiger partial charge in [-0.25, -0.2) is 4.98 Å². The molecule has 0 bridgehead atoms. The third-order valence-corrected chi connectivity index (χ3v) is 3.43. The largest absolute Gasteiger partial charge is 0.493 e. The molecule has 138 valence electrons. The zero-order chi connectivity index (χ0) is 17.4. The van der Waals surface area contributed by atoms with Gasteiger partial charge >= 0.3 is 0 Å². The van der Waals surface area contributed by atoms with E-state index in [9.17, 15) is 0 Å². The van der Waals surface area contributed by atoms with E-state index in [4.69, 9.17) is 9.47 Å². The van der Waals surface area contributed by atoms with Crippen LogP contribution in [0.15, 0.2) is 29.5 Å². The summed E-state index contributed by atoms with van der Waals surface area (Å²) in [6.07, 6.45) is 1.53. The van der Waals surface area contributed by atoms with Gasteiger partial charge in [-0.1, -0.05) is 6.07 Å². The molecule has 0 unspecified atom stereocenters. The van der Waals surface area contributed by atoms with Crippen molar-refractivity contribution in [2.75, 3.05) is 20.8 Å². The minimum atomic E-state index is 0. The topological polar surface area (TPSA) is 85.6 Å². The molecule has 1 heterocycles. The average molecular weight is 460 g/mol. The third-order valence-electron chi connectivity index (χ3n) is 3.43. The van der Waals surface area contributed by atoms with E-state index in [1.807, 2.05) is 32.2 Å². The number of methoxy groups -OCH3 is 1. The summed E-state index contributed by atoms with van der Waals surface area (Å²) in [5.41, 5.74) is 1.07. The first-order chi connectivity index (χ1) is 11.7. The van der Waals surface area contributed by atoms with Crippen LogP contribution in [0.5, 0.6) is 11.5 Å². The monoisotopic (exact) mass is 460 g/mol. The van der Waals surface area contributed by atoms with Gasteiger partial charge in [0.2, 0.25) is 0 Å². The van der Waals surface area contributed by atoms with Crippen LogP contribution in [-0.2, 0) is 20.1 Å². The molecule has 1 aromatic heterocycles. The summed E-state index contributed by atoms with van der Waals surface area (Å²) in [6.45, 7) is 3.71. The molecule has 25 heavy (non-hydrogen) atoms. The highest BCUT2D eigenvalue weighted by molar-refractivity contribution is 14.0. The highest BCUT2D eigenvalue weighted by Crippen LogP contribution is 2.27. The number of halogens is 1. The van der Waals surface area contributed by atoms with Crippen LogP contribution in [0, 0.1) is 0 Å². The van der Waals surface area contributed by atoms with Crippen LogP contribution < -0.4 is 20.1 Å². The number of nitrogens with zero attached hydrogens (tertiary/aromatic N) is 4. The van der Waals surface area contributed by atoms with Crippen LogP contribution in [0.4, 0.5) is 0 Å². The molecule has 0 aliphatic heterocycles. The number of nitrogens with one attached hydrogen (secondary N) is 2. The summed E-state index contributed by atoms with van der Waals surface area (Å²) in [5.74, 6) is 2.98. The first kappa shape index (κ1) is 21.0. The van der Waals surface area contributed by atoms with Crippen molar-refractivity contribution < 1.29 is 9.47 Å². The second-order valence-corrected chi connectivity index (χ2v) is 5.00. The smallest absolute Gasteiger partial charge is 0.191 e. The molecule has 1 aromatic carbocycles. The van der Waals surface area contributed by atoms with E-state index >= 15 is 0 Å². The Labute approximate surface area is 165 Å². The fraction of sp³-hybridized carbons (Fsp3) is 0.438. The van der Waals surface area contributed by atoms with Gasteiger partial charge in [0, 0.05) is 20.6 Å². The third kappa shape index (κ3) is 6.07. The minimum absolute atomic E-state index is 0. The maximum atomic E-state index is 5.52. The van der Waals surface area contributed by atoms with Crippen molar-refractivity contribution >= 4 is 29.9 Å². The summed E-state index contributed by atoms with van der Waals surface area (Å²) in [5, 5.41) is 10.5. The lowest BCUT2D eigenvalue weighted by Gasteiger charge is -2.14. The number of hydrogen-bond acceptors (Lipinski definition) is 5. The van der Waals surface area contributed by atoms with E-state index < -0.39 is 0 Å². The van der Waals surface area contributed by atoms with Crippen LogP contribution in [-0.4, -0.2) is 41.5 Å². The molecule has 0 aliphatic carbocycles. The number of aryl methyl sites for hydroxylation is 1. The summed E-state index contributed by atoms with van der Waals surface area (Å²) in [4.78, 5) is 8.37. The molecule has 8 nitrogen and oxygen atoms in total. The Hall–Kier alpha value is -2.04. The number of rotatable bonds is 7. The fourth-order valence-electron chi connectivity index (χ4n) is 2.15. The molecule has 0 saturated heterocycles. The molecule has 0 amide bonds. The van der Waals surface area contributed by atoms with Crippen molar-refractivity contribution in [3.05, 3.63) is 35.9 Å². The van der Waals surface area contributed by atoms with Crippen molar-refractivity contribution in [3.63, 3.8) is 0 Å². The Balaban J connectivity index is 0.00000312. The number of aromatic nitrogens is 3. The van der Waals surface area contributed by atoms with Crippen LogP contribution in [0.2, 0.25) is 0 Å². The summed E-state index contributed by atoms with van der Waals surface area (Å²) >= 11 is 0. The molecule has 0 saturated carbocycles. The maximum Gasteiger partial charge on any atom is 0.191 e. The average Bonchev–Trinajstić information content (AvgIpc) is 3.01. The van der Waals surface area contributed by atoms with Gasteiger partial charge in [0.1, 0.15) is 12.2 Å². The van der Waals surface area contributed by atoms with Crippen molar-refractivity contribution in [1.29, 1.82) is 0 Å². The first-order valence-corrected chi connectivity index (χ1v) is 7.75. The van der Waals surface area contributed by atoms with E-state index in [2.05, 4.69) is 25.7 Å². The number of benzene rings is 1. The van der Waals surface area contributed by atoms with Crippen LogP contribution in [0.3, 0.4) is 0 Å². The molecular formula is C16H25IN6O2. The second-order valence-electron chi connectivity index (χ2n) is 5.00. The highest BCUT2D eigenvalue weighted by atomic mass is 127. The van der Waals surface area contributed by atoms with Gasteiger partial charge in [-0.05, 0) is 24.6 Å². The van der Waals surface area contributed by atoms with Gasteiger partial charge < -0.3 is 20.1 Å². The predicted octanol–water partition coefficient (Wildman–Crippen LogP) is 1.71. The van der Waals surface area contributed by atoms with E-state index in [1.54, 1.807) is 18.8 Å². The van der Waals surface area contributed by atoms with Crippen molar-refractivity contribution in [2.24, 2.45) is 12.0 Å². The fourth-order valence-corrected chi connectivity index (χ4v) is 2.15. The molecular weight excluding hydrogens is 435 g/mol. The van der Waals surface area contributed by atoms with Crippen LogP contribution in [0.25, 0.3) is 0 Å². The maximum absolute atomic E-state index is 5.52. The summed E-state index contributed by atoms with van der Waals surface area (Å²) < 4.78 is 12.6. The van der Waals surface area contributed by atoms with Crippen molar-refractivity contribution in [2.45, 2.75) is 20.0 Å². The number of ether oxygens (including phenoxy) is 2. The molecule has 2 aromatic rings. The Kier molecular flexibility index (Phi) is 9.03. The van der Waals surface area contributed by atoms with Gasteiger partial charge in [-0.3, -0.25) is 9.67 Å². The Morgan fingerprint density at radius 1 is 1.24 bits per heavy atom. The van der Waals surface area contributed by atoms with Crippen molar-refractivity contribution in [1.82, 2.24) is 25.4 Å². The van der Waals surface area contributed by atoms with Gasteiger partial charge in [0.25, 0.3) is 0 Å². The van der Waals surface area contributed by atoms with Gasteiger partial charge in [0.05, 0.1) is 20.3 Å². The molecule has 2 rings (SSSR count). The highest BCUT2D eigenvalue weighted by Gasteiger charge is 2.07. The molecule has 0 atom stereocenters. The first-order valence-electron chi connectivity index (χ1n) is 7.75. The Bertz CT molecular complexity index is 689. The normalized spacial score (nSPS) is 10.8. The van der Waals surface area contributed by atoms with E-state index in [1.165, 1.54) is 6.33 Å². The van der Waals surface area contributed by atoms with E-state index in [-0.39, 0.29) is 24.0 Å². The lowest BCUT2D eigenvalue weighted by atomic mass is 10.2. The van der Waals surface area contributed by atoms with Gasteiger partial charge in [0.15, 0.2) is 17.5 Å².